The van der Waals surface area contributed by atoms with Gasteiger partial charge < -0.3 is 0 Å². The Morgan fingerprint density at radius 3 is 2.38 bits per heavy atom. The smallest absolute Gasteiger partial charge is 0.258 e. The first-order chi connectivity index (χ1) is 10.2. The first-order valence-electron chi connectivity index (χ1n) is 6.58. The van der Waals surface area contributed by atoms with Crippen molar-refractivity contribution in [3.05, 3.63) is 82.4 Å². The Kier molecular flexibility index (Phi) is 3.88. The molecule has 0 atom stereocenters. The lowest BCUT2D eigenvalue weighted by atomic mass is 10.1. The Balaban J connectivity index is 1.79. The Hall–Kier alpha value is -2.33. The van der Waals surface area contributed by atoms with Gasteiger partial charge in [-0.3, -0.25) is 10.1 Å². The van der Waals surface area contributed by atoms with Crippen LogP contribution < -0.4 is 0 Å². The highest BCUT2D eigenvalue weighted by atomic mass is 32.2. The fraction of sp³-hybridized carbons (Fsp3) is 0.0588. The second-order valence-corrected chi connectivity index (χ2v) is 5.71. The van der Waals surface area contributed by atoms with Gasteiger partial charge in [-0.15, -0.1) is 11.8 Å². The van der Waals surface area contributed by atoms with Crippen molar-refractivity contribution in [1.29, 1.82) is 0 Å². The maximum atomic E-state index is 10.6. The van der Waals surface area contributed by atoms with E-state index in [-0.39, 0.29) is 10.6 Å². The first-order valence-corrected chi connectivity index (χ1v) is 7.56. The second kappa shape index (κ2) is 5.97. The fourth-order valence-electron chi connectivity index (χ4n) is 2.20. The van der Waals surface area contributed by atoms with E-state index in [2.05, 4.69) is 30.3 Å². The van der Waals surface area contributed by atoms with Crippen LogP contribution in [0.3, 0.4) is 0 Å². The summed E-state index contributed by atoms with van der Waals surface area (Å²) in [5, 5.41) is 13.1. The minimum atomic E-state index is -0.373. The molecule has 3 nitrogen and oxygen atoms in total. The number of thioether (sulfide) groups is 1. The van der Waals surface area contributed by atoms with Gasteiger partial charge in [0, 0.05) is 22.8 Å². The lowest BCUT2D eigenvalue weighted by Crippen LogP contribution is -1.88. The summed E-state index contributed by atoms with van der Waals surface area (Å²) in [7, 11) is 0. The van der Waals surface area contributed by atoms with Crippen molar-refractivity contribution in [2.24, 2.45) is 0 Å². The Morgan fingerprint density at radius 2 is 1.62 bits per heavy atom. The van der Waals surface area contributed by atoms with Crippen LogP contribution in [0.1, 0.15) is 5.56 Å². The summed E-state index contributed by atoms with van der Waals surface area (Å²) in [6, 6.07) is 21.3. The normalized spacial score (nSPS) is 10.7. The average Bonchev–Trinajstić information content (AvgIpc) is 2.53. The summed E-state index contributed by atoms with van der Waals surface area (Å²) in [4.78, 5) is 11.5. The van der Waals surface area contributed by atoms with Crippen molar-refractivity contribution < 1.29 is 4.92 Å². The molecule has 0 fully saturated rings. The molecular weight excluding hydrogens is 282 g/mol. The van der Waals surface area contributed by atoms with Gasteiger partial charge in [-0.2, -0.15) is 0 Å². The molecule has 0 spiro atoms. The number of fused-ring (bicyclic) bond motifs is 1. The molecule has 21 heavy (non-hydrogen) atoms. The van der Waals surface area contributed by atoms with Crippen LogP contribution in [-0.4, -0.2) is 4.92 Å². The van der Waals surface area contributed by atoms with Crippen molar-refractivity contribution >= 4 is 28.2 Å². The molecule has 0 unspecified atom stereocenters. The number of benzene rings is 3. The quantitative estimate of drug-likeness (QED) is 0.385. The van der Waals surface area contributed by atoms with Crippen molar-refractivity contribution in [3.8, 4) is 0 Å². The summed E-state index contributed by atoms with van der Waals surface area (Å²) in [6.07, 6.45) is 0. The van der Waals surface area contributed by atoms with E-state index in [9.17, 15) is 10.1 Å². The second-order valence-electron chi connectivity index (χ2n) is 4.69. The minimum absolute atomic E-state index is 0.133. The summed E-state index contributed by atoms with van der Waals surface area (Å²) in [6.45, 7) is 0. The number of hydrogen-bond acceptors (Lipinski definition) is 3. The van der Waals surface area contributed by atoms with Gasteiger partial charge in [0.15, 0.2) is 0 Å². The van der Waals surface area contributed by atoms with Crippen molar-refractivity contribution in [3.63, 3.8) is 0 Å². The molecule has 0 N–H and O–H groups in total. The van der Waals surface area contributed by atoms with E-state index in [1.54, 1.807) is 23.9 Å². The average molecular weight is 295 g/mol. The summed E-state index contributed by atoms with van der Waals surface area (Å²) < 4.78 is 0. The molecular formula is C17H13NO2S. The minimum Gasteiger partial charge on any atom is -0.258 e. The summed E-state index contributed by atoms with van der Waals surface area (Å²) in [5.74, 6) is 0.798. The monoisotopic (exact) mass is 295 g/mol. The Morgan fingerprint density at radius 1 is 0.905 bits per heavy atom. The number of nitrogens with zero attached hydrogens (tertiary/aromatic N) is 1. The van der Waals surface area contributed by atoms with E-state index in [4.69, 9.17) is 0 Å². The van der Waals surface area contributed by atoms with Crippen LogP contribution in [0.15, 0.2) is 71.6 Å². The summed E-state index contributed by atoms with van der Waals surface area (Å²) >= 11 is 1.75. The number of nitro benzene ring substituents is 1. The van der Waals surface area contributed by atoms with E-state index in [0.29, 0.717) is 0 Å². The van der Waals surface area contributed by atoms with E-state index in [1.165, 1.54) is 15.7 Å². The molecule has 0 saturated carbocycles. The fourth-order valence-corrected chi connectivity index (χ4v) is 3.23. The number of rotatable bonds is 4. The van der Waals surface area contributed by atoms with Crippen LogP contribution in [0.5, 0.6) is 0 Å². The zero-order valence-electron chi connectivity index (χ0n) is 11.2. The van der Waals surface area contributed by atoms with Gasteiger partial charge in [-0.05, 0) is 22.4 Å². The SMILES string of the molecule is O=[N+]([O-])c1ccc(CSc2cccc3ccccc23)cc1. The zero-order valence-corrected chi connectivity index (χ0v) is 12.0. The summed E-state index contributed by atoms with van der Waals surface area (Å²) in [5.41, 5.74) is 1.22. The topological polar surface area (TPSA) is 43.1 Å². The predicted molar refractivity (Wildman–Crippen MR) is 86.6 cm³/mol. The molecule has 0 amide bonds. The molecule has 104 valence electrons. The van der Waals surface area contributed by atoms with Gasteiger partial charge in [0.2, 0.25) is 0 Å². The van der Waals surface area contributed by atoms with E-state index in [0.717, 1.165) is 11.3 Å². The van der Waals surface area contributed by atoms with E-state index < -0.39 is 0 Å². The molecule has 0 aromatic heterocycles. The molecule has 3 rings (SSSR count). The lowest BCUT2D eigenvalue weighted by molar-refractivity contribution is -0.384. The maximum absolute atomic E-state index is 10.6. The molecule has 0 bridgehead atoms. The maximum Gasteiger partial charge on any atom is 0.269 e. The Labute approximate surface area is 126 Å². The zero-order chi connectivity index (χ0) is 14.7. The van der Waals surface area contributed by atoms with Crippen LogP contribution in [0.2, 0.25) is 0 Å². The third kappa shape index (κ3) is 3.06. The number of hydrogen-bond donors (Lipinski definition) is 0. The van der Waals surface area contributed by atoms with Crippen LogP contribution in [0, 0.1) is 10.1 Å². The highest BCUT2D eigenvalue weighted by molar-refractivity contribution is 7.98. The van der Waals surface area contributed by atoms with Gasteiger partial charge in [0.05, 0.1) is 4.92 Å². The van der Waals surface area contributed by atoms with Gasteiger partial charge in [-0.25, -0.2) is 0 Å². The van der Waals surface area contributed by atoms with Gasteiger partial charge in [-0.1, -0.05) is 48.5 Å². The highest BCUT2D eigenvalue weighted by Crippen LogP contribution is 2.30. The Bertz CT molecular complexity index is 779. The largest absolute Gasteiger partial charge is 0.269 e. The number of nitro groups is 1. The van der Waals surface area contributed by atoms with Crippen LogP contribution in [0.4, 0.5) is 5.69 Å². The van der Waals surface area contributed by atoms with Gasteiger partial charge in [0.25, 0.3) is 5.69 Å². The third-order valence-corrected chi connectivity index (χ3v) is 4.44. The standard InChI is InChI=1S/C17H13NO2S/c19-18(20)15-10-8-13(9-11-15)12-21-17-7-3-5-14-4-1-2-6-16(14)17/h1-11H,12H2. The highest BCUT2D eigenvalue weighted by Gasteiger charge is 2.05. The molecule has 0 radical (unpaired) electrons. The molecule has 0 heterocycles. The molecule has 0 saturated heterocycles. The van der Waals surface area contributed by atoms with Crippen LogP contribution in [-0.2, 0) is 5.75 Å². The first kappa shape index (κ1) is 13.6. The molecule has 0 aliphatic heterocycles. The van der Waals surface area contributed by atoms with Gasteiger partial charge >= 0.3 is 0 Å². The lowest BCUT2D eigenvalue weighted by Gasteiger charge is -2.06. The third-order valence-electron chi connectivity index (χ3n) is 3.29. The molecule has 3 aromatic rings. The van der Waals surface area contributed by atoms with Crippen LogP contribution >= 0.6 is 11.8 Å². The van der Waals surface area contributed by atoms with Crippen LogP contribution in [0.25, 0.3) is 10.8 Å². The molecule has 0 aliphatic rings. The molecule has 3 aromatic carbocycles. The predicted octanol–water partition coefficient (Wildman–Crippen LogP) is 5.04. The molecule has 4 heteroatoms. The van der Waals surface area contributed by atoms with Crippen molar-refractivity contribution in [2.45, 2.75) is 10.6 Å². The number of non-ortho nitro benzene ring substituents is 1. The van der Waals surface area contributed by atoms with Crippen molar-refractivity contribution in [2.75, 3.05) is 0 Å². The van der Waals surface area contributed by atoms with Crippen molar-refractivity contribution in [1.82, 2.24) is 0 Å². The van der Waals surface area contributed by atoms with E-state index in [1.807, 2.05) is 24.3 Å². The van der Waals surface area contributed by atoms with Gasteiger partial charge in [0.1, 0.15) is 0 Å². The molecule has 0 aliphatic carbocycles. The van der Waals surface area contributed by atoms with E-state index >= 15 is 0 Å².